The number of likely N-dealkylation sites (tertiary alicyclic amines) is 1. The van der Waals surface area contributed by atoms with Crippen molar-refractivity contribution < 1.29 is 4.92 Å². The van der Waals surface area contributed by atoms with Crippen LogP contribution < -0.4 is 5.32 Å². The van der Waals surface area contributed by atoms with Crippen molar-refractivity contribution in [1.82, 2.24) is 10.2 Å². The van der Waals surface area contributed by atoms with E-state index in [1.807, 2.05) is 12.1 Å². The van der Waals surface area contributed by atoms with Crippen molar-refractivity contribution in [2.24, 2.45) is 0 Å². The first-order valence-electron chi connectivity index (χ1n) is 6.81. The highest BCUT2D eigenvalue weighted by molar-refractivity contribution is 5.39. The summed E-state index contributed by atoms with van der Waals surface area (Å²) in [6.45, 7) is 2.81. The molecule has 0 amide bonds. The summed E-state index contributed by atoms with van der Waals surface area (Å²) in [5, 5.41) is 14.4. The fourth-order valence-corrected chi connectivity index (χ4v) is 2.54. The Bertz CT molecular complexity index is 436. The summed E-state index contributed by atoms with van der Waals surface area (Å²) < 4.78 is 0. The van der Waals surface area contributed by atoms with Gasteiger partial charge in [0.25, 0.3) is 5.69 Å². The van der Waals surface area contributed by atoms with Crippen molar-refractivity contribution in [2.45, 2.75) is 31.8 Å². The molecule has 0 spiro atoms. The molecule has 1 aromatic carbocycles. The minimum Gasteiger partial charge on any atom is -0.310 e. The third kappa shape index (κ3) is 4.01. The van der Waals surface area contributed by atoms with E-state index in [2.05, 4.69) is 17.3 Å². The molecule has 19 heavy (non-hydrogen) atoms. The Labute approximate surface area is 113 Å². The summed E-state index contributed by atoms with van der Waals surface area (Å²) in [7, 11) is 2.14. The van der Waals surface area contributed by atoms with E-state index < -0.39 is 0 Å². The molecule has 1 aliphatic rings. The van der Waals surface area contributed by atoms with Crippen molar-refractivity contribution in [1.29, 1.82) is 0 Å². The highest BCUT2D eigenvalue weighted by Gasteiger charge is 2.16. The predicted molar refractivity (Wildman–Crippen MR) is 75.1 cm³/mol. The molecule has 1 atom stereocenters. The summed E-state index contributed by atoms with van der Waals surface area (Å²) in [5.41, 5.74) is 0.978. The van der Waals surface area contributed by atoms with Crippen molar-refractivity contribution in [3.63, 3.8) is 0 Å². The molecule has 0 aliphatic carbocycles. The van der Waals surface area contributed by atoms with E-state index in [0.717, 1.165) is 31.5 Å². The first-order chi connectivity index (χ1) is 9.16. The molecule has 1 saturated heterocycles. The number of hydrogen-bond acceptors (Lipinski definition) is 4. The first kappa shape index (κ1) is 14.0. The van der Waals surface area contributed by atoms with Gasteiger partial charge in [-0.25, -0.2) is 0 Å². The molecule has 0 bridgehead atoms. The molecule has 104 valence electrons. The van der Waals surface area contributed by atoms with E-state index in [0.29, 0.717) is 12.6 Å². The average molecular weight is 263 g/mol. The van der Waals surface area contributed by atoms with Crippen LogP contribution >= 0.6 is 0 Å². The molecule has 0 aromatic heterocycles. The number of nitro benzene ring substituents is 1. The molecular weight excluding hydrogens is 242 g/mol. The number of para-hydroxylation sites is 1. The maximum absolute atomic E-state index is 10.9. The van der Waals surface area contributed by atoms with Gasteiger partial charge >= 0.3 is 0 Å². The van der Waals surface area contributed by atoms with Crippen molar-refractivity contribution in [3.8, 4) is 0 Å². The first-order valence-corrected chi connectivity index (χ1v) is 6.81. The lowest BCUT2D eigenvalue weighted by molar-refractivity contribution is -0.385. The van der Waals surface area contributed by atoms with Crippen LogP contribution in [-0.2, 0) is 6.54 Å². The normalized spacial score (nSPS) is 21.0. The summed E-state index contributed by atoms with van der Waals surface area (Å²) in [5.74, 6) is 0. The maximum Gasteiger partial charge on any atom is 0.273 e. The monoisotopic (exact) mass is 263 g/mol. The molecule has 2 rings (SSSR count). The zero-order valence-electron chi connectivity index (χ0n) is 11.3. The van der Waals surface area contributed by atoms with Gasteiger partial charge in [-0.05, 0) is 39.4 Å². The minimum atomic E-state index is -0.308. The fourth-order valence-electron chi connectivity index (χ4n) is 2.54. The van der Waals surface area contributed by atoms with Crippen molar-refractivity contribution in [2.75, 3.05) is 20.1 Å². The van der Waals surface area contributed by atoms with Crippen LogP contribution in [0.1, 0.15) is 24.8 Å². The molecular formula is C14H21N3O2. The van der Waals surface area contributed by atoms with Gasteiger partial charge < -0.3 is 10.2 Å². The zero-order chi connectivity index (χ0) is 13.7. The van der Waals surface area contributed by atoms with Crippen LogP contribution in [0.2, 0.25) is 0 Å². The minimum absolute atomic E-state index is 0.209. The highest BCUT2D eigenvalue weighted by Crippen LogP contribution is 2.18. The highest BCUT2D eigenvalue weighted by atomic mass is 16.6. The molecule has 1 aromatic rings. The Kier molecular flexibility index (Phi) is 4.87. The van der Waals surface area contributed by atoms with Gasteiger partial charge in [0.2, 0.25) is 0 Å². The smallest absolute Gasteiger partial charge is 0.273 e. The molecule has 1 heterocycles. The van der Waals surface area contributed by atoms with Gasteiger partial charge in [-0.2, -0.15) is 0 Å². The van der Waals surface area contributed by atoms with Crippen molar-refractivity contribution >= 4 is 5.69 Å². The number of nitrogens with one attached hydrogen (secondary N) is 1. The van der Waals surface area contributed by atoms with E-state index in [-0.39, 0.29) is 10.6 Å². The van der Waals surface area contributed by atoms with Crippen LogP contribution in [0.4, 0.5) is 5.69 Å². The third-order valence-corrected chi connectivity index (χ3v) is 3.72. The van der Waals surface area contributed by atoms with Crippen LogP contribution in [-0.4, -0.2) is 36.0 Å². The van der Waals surface area contributed by atoms with Crippen LogP contribution in [0.25, 0.3) is 0 Å². The summed E-state index contributed by atoms with van der Waals surface area (Å²) in [4.78, 5) is 13.0. The van der Waals surface area contributed by atoms with Crippen LogP contribution in [0, 0.1) is 10.1 Å². The lowest BCUT2D eigenvalue weighted by Gasteiger charge is -2.16. The number of nitro groups is 1. The standard InChI is InChI=1S/C14H21N3O2/c1-16-9-4-6-13(8-10-16)15-11-12-5-2-3-7-14(12)17(18)19/h2-3,5,7,13,15H,4,6,8-11H2,1H3. The van der Waals surface area contributed by atoms with E-state index in [4.69, 9.17) is 0 Å². The van der Waals surface area contributed by atoms with E-state index >= 15 is 0 Å². The average Bonchev–Trinajstić information content (AvgIpc) is 2.61. The quantitative estimate of drug-likeness (QED) is 0.668. The Morgan fingerprint density at radius 1 is 1.37 bits per heavy atom. The van der Waals surface area contributed by atoms with E-state index in [9.17, 15) is 10.1 Å². The zero-order valence-corrected chi connectivity index (χ0v) is 11.3. The summed E-state index contributed by atoms with van der Waals surface area (Å²) >= 11 is 0. The fraction of sp³-hybridized carbons (Fsp3) is 0.571. The topological polar surface area (TPSA) is 58.4 Å². The molecule has 5 nitrogen and oxygen atoms in total. The van der Waals surface area contributed by atoms with Crippen LogP contribution in [0.5, 0.6) is 0 Å². The molecule has 1 unspecified atom stereocenters. The second-order valence-corrected chi connectivity index (χ2v) is 5.20. The largest absolute Gasteiger partial charge is 0.310 e. The van der Waals surface area contributed by atoms with Crippen molar-refractivity contribution in [3.05, 3.63) is 39.9 Å². The molecule has 0 radical (unpaired) electrons. The number of rotatable bonds is 4. The lowest BCUT2D eigenvalue weighted by atomic mass is 10.1. The number of nitrogens with zero attached hydrogens (tertiary/aromatic N) is 2. The van der Waals surface area contributed by atoms with Gasteiger partial charge in [-0.3, -0.25) is 10.1 Å². The molecule has 1 fully saturated rings. The maximum atomic E-state index is 10.9. The van der Waals surface area contributed by atoms with Crippen LogP contribution in [0.3, 0.4) is 0 Å². The van der Waals surface area contributed by atoms with Gasteiger partial charge in [0.05, 0.1) is 4.92 Å². The lowest BCUT2D eigenvalue weighted by Crippen LogP contribution is -2.30. The van der Waals surface area contributed by atoms with Gasteiger partial charge in [-0.1, -0.05) is 18.2 Å². The van der Waals surface area contributed by atoms with E-state index in [1.54, 1.807) is 12.1 Å². The summed E-state index contributed by atoms with van der Waals surface area (Å²) in [6, 6.07) is 7.42. The number of benzene rings is 1. The molecule has 5 heteroatoms. The third-order valence-electron chi connectivity index (χ3n) is 3.72. The van der Waals surface area contributed by atoms with Gasteiger partial charge in [0.15, 0.2) is 0 Å². The number of hydrogen-bond donors (Lipinski definition) is 1. The van der Waals surface area contributed by atoms with Gasteiger partial charge in [0, 0.05) is 24.2 Å². The van der Waals surface area contributed by atoms with Gasteiger partial charge in [-0.15, -0.1) is 0 Å². The van der Waals surface area contributed by atoms with E-state index in [1.165, 1.54) is 6.42 Å². The molecule has 1 N–H and O–H groups in total. The second-order valence-electron chi connectivity index (χ2n) is 5.20. The van der Waals surface area contributed by atoms with Gasteiger partial charge in [0.1, 0.15) is 0 Å². The Balaban J connectivity index is 1.93. The van der Waals surface area contributed by atoms with Crippen LogP contribution in [0.15, 0.2) is 24.3 Å². The SMILES string of the molecule is CN1CCCC(NCc2ccccc2[N+](=O)[O-])CC1. The molecule has 1 aliphatic heterocycles. The predicted octanol–water partition coefficient (Wildman–Crippen LogP) is 2.17. The Hall–Kier alpha value is -1.46. The Morgan fingerprint density at radius 3 is 2.95 bits per heavy atom. The molecule has 0 saturated carbocycles. The second kappa shape index (κ2) is 6.63. The Morgan fingerprint density at radius 2 is 2.16 bits per heavy atom. The summed E-state index contributed by atoms with van der Waals surface area (Å²) in [6.07, 6.45) is 3.44.